The summed E-state index contributed by atoms with van der Waals surface area (Å²) in [4.78, 5) is 27.2. The molecule has 0 radical (unpaired) electrons. The predicted molar refractivity (Wildman–Crippen MR) is 301 cm³/mol. The Labute approximate surface area is 468 Å². The molecule has 0 aliphatic carbocycles. The number of ether oxygens (including phenoxy) is 6. The number of H-pyrrole nitrogens is 1. The molecule has 6 aromatic rings. The van der Waals surface area contributed by atoms with Crippen molar-refractivity contribution in [1.29, 1.82) is 0 Å². The lowest BCUT2D eigenvalue weighted by atomic mass is 10.1. The Hall–Kier alpha value is -6.00. The molecule has 6 rings (SSSR count). The number of aromatic nitrogens is 4. The van der Waals surface area contributed by atoms with E-state index in [0.29, 0.717) is 82.5 Å². The Bertz CT molecular complexity index is 3370. The smallest absolute Gasteiger partial charge is 0.351 e. The van der Waals surface area contributed by atoms with Gasteiger partial charge in [-0.05, 0) is 120 Å². The lowest BCUT2D eigenvalue weighted by Gasteiger charge is -2.18. The Kier molecular flexibility index (Phi) is 23.6. The lowest BCUT2D eigenvalue weighted by molar-refractivity contribution is -0.739. The normalized spacial score (nSPS) is 13.3. The summed E-state index contributed by atoms with van der Waals surface area (Å²) in [6.45, 7) is 15.6. The number of methoxy groups -OCH3 is 2. The second-order valence-corrected chi connectivity index (χ2v) is 27.5. The highest BCUT2D eigenvalue weighted by molar-refractivity contribution is 7.91. The first-order valence-corrected chi connectivity index (χ1v) is 33.3. The number of hydrogen-bond donors (Lipinski definition) is 1. The molecule has 25 heteroatoms. The number of aromatic amines is 1. The van der Waals surface area contributed by atoms with Gasteiger partial charge in [0.1, 0.15) is 53.0 Å². The summed E-state index contributed by atoms with van der Waals surface area (Å²) in [7, 11) is -9.85. The molecule has 0 fully saturated rings. The van der Waals surface area contributed by atoms with Gasteiger partial charge in [0, 0.05) is 75.3 Å². The van der Waals surface area contributed by atoms with E-state index in [1.54, 1.807) is 108 Å². The van der Waals surface area contributed by atoms with Crippen molar-refractivity contribution < 1.29 is 82.2 Å². The van der Waals surface area contributed by atoms with Crippen molar-refractivity contribution in [3.05, 3.63) is 131 Å². The Morgan fingerprint density at radius 2 is 1.06 bits per heavy atom. The molecule has 0 aliphatic heterocycles. The van der Waals surface area contributed by atoms with Gasteiger partial charge in [-0.2, -0.15) is 10.2 Å². The Morgan fingerprint density at radius 3 is 1.49 bits per heavy atom. The minimum Gasteiger partial charge on any atom is -0.488 e. The summed E-state index contributed by atoms with van der Waals surface area (Å²) in [6.07, 6.45) is 1.76. The van der Waals surface area contributed by atoms with E-state index in [-0.39, 0.29) is 72.2 Å². The van der Waals surface area contributed by atoms with Gasteiger partial charge in [0.25, 0.3) is 7.37 Å². The maximum Gasteiger partial charge on any atom is 0.351 e. The number of ketones is 2. The number of nitrogens with one attached hydrogen (secondary N) is 1. The highest BCUT2D eigenvalue weighted by atomic mass is 32.2. The van der Waals surface area contributed by atoms with Gasteiger partial charge in [0.05, 0.1) is 67.1 Å². The summed E-state index contributed by atoms with van der Waals surface area (Å²) >= 11 is 0. The second-order valence-electron chi connectivity index (χ2n) is 18.8. The monoisotopic (exact) mass is 1190 g/mol. The highest BCUT2D eigenvalue weighted by Crippen LogP contribution is 2.50. The van der Waals surface area contributed by atoms with Crippen molar-refractivity contribution in [3.8, 4) is 34.5 Å². The zero-order valence-electron chi connectivity index (χ0n) is 47.2. The van der Waals surface area contributed by atoms with Gasteiger partial charge >= 0.3 is 7.60 Å². The van der Waals surface area contributed by atoms with Gasteiger partial charge in [-0.3, -0.25) is 23.4 Å². The van der Waals surface area contributed by atoms with E-state index >= 15 is 0 Å². The molecule has 0 bridgehead atoms. The average Bonchev–Trinajstić information content (AvgIpc) is 3.90. The molecule has 0 saturated heterocycles. The number of aryl methyl sites for hydroxylation is 2. The van der Waals surface area contributed by atoms with E-state index in [2.05, 4.69) is 10.2 Å². The van der Waals surface area contributed by atoms with Crippen LogP contribution in [0.5, 0.6) is 34.5 Å². The highest BCUT2D eigenvalue weighted by Gasteiger charge is 2.28. The molecule has 1 N–H and O–H groups in total. The van der Waals surface area contributed by atoms with Crippen molar-refractivity contribution in [1.82, 2.24) is 14.9 Å². The third kappa shape index (κ3) is 20.2. The summed E-state index contributed by atoms with van der Waals surface area (Å²) < 4.78 is 126. The van der Waals surface area contributed by atoms with E-state index in [4.69, 9.17) is 42.0 Å². The van der Waals surface area contributed by atoms with Crippen LogP contribution in [0.3, 0.4) is 0 Å². The SMILES string of the molecule is CCOP(=O)(Cn1nc(C)cc1CC(=O)c1cc(Oc2ccc(S(C)(=O)=O)cc2)cc(O[C@@H](C)COC)c1)OCC.CCOP(C)(=O)C[n+]1[nH]c(CC(=O)c2cc(Oc3ccc(S(C)(=O)=O)cc3)cc(O[C@@H](C)COC)c2)cc1C. The van der Waals surface area contributed by atoms with Gasteiger partial charge in [0.15, 0.2) is 31.2 Å². The number of carbonyl (C=O) groups is 2. The van der Waals surface area contributed by atoms with Crippen LogP contribution in [0.2, 0.25) is 0 Å². The van der Waals surface area contributed by atoms with Crippen LogP contribution in [0.15, 0.2) is 107 Å². The maximum atomic E-state index is 13.5. The van der Waals surface area contributed by atoms with Gasteiger partial charge < -0.3 is 42.0 Å². The molecule has 2 aromatic heterocycles. The van der Waals surface area contributed by atoms with Crippen molar-refractivity contribution in [2.24, 2.45) is 0 Å². The minimum atomic E-state index is -3.46. The quantitative estimate of drug-likeness (QED) is 0.0250. The van der Waals surface area contributed by atoms with Gasteiger partial charge in [-0.15, -0.1) is 4.68 Å². The molecule has 0 aliphatic rings. The van der Waals surface area contributed by atoms with Crippen LogP contribution in [0.25, 0.3) is 0 Å². The van der Waals surface area contributed by atoms with Gasteiger partial charge in [-0.1, -0.05) is 0 Å². The standard InChI is InChI=1S/C28H37N2O9PS.C27H35N2O8PS/c1-7-36-40(32,37-8-2)19-30-23(13-20(3)29-30)16-28(31)22-14-25(38-21(4)18-35-5)17-26(15-22)39-24-9-11-27(12-10-24)41(6,33)34;1-7-35-38(5,31)18-29-19(2)12-22(28-29)15-27(30)21-13-24(36-20(3)17-34-4)16-25(14-21)37-23-8-10-26(11-9-23)39(6,32)33/h9-15,17,21H,7-8,16,18-19H2,1-6H3;8-14,16,20H,7,15,17-18H2,1-6H3/p+1/t21-;20-,38?/m00/s1. The van der Waals surface area contributed by atoms with Crippen molar-refractivity contribution >= 4 is 46.2 Å². The minimum absolute atomic E-state index is 0.0430. The predicted octanol–water partition coefficient (Wildman–Crippen LogP) is 10.00. The number of hydrogen-bond acceptors (Lipinski definition) is 18. The largest absolute Gasteiger partial charge is 0.488 e. The fraction of sp³-hybridized carbons (Fsp3) is 0.418. The van der Waals surface area contributed by atoms with Crippen molar-refractivity contribution in [3.63, 3.8) is 0 Å². The van der Waals surface area contributed by atoms with Crippen molar-refractivity contribution in [2.75, 3.05) is 66.4 Å². The van der Waals surface area contributed by atoms with E-state index in [0.717, 1.165) is 18.2 Å². The second kappa shape index (κ2) is 29.1. The molecule has 0 spiro atoms. The molecule has 1 unspecified atom stereocenters. The molecule has 80 heavy (non-hydrogen) atoms. The summed E-state index contributed by atoms with van der Waals surface area (Å²) in [5, 5.41) is 7.56. The van der Waals surface area contributed by atoms with Crippen LogP contribution < -0.4 is 23.6 Å². The first-order chi connectivity index (χ1) is 37.6. The number of carbonyl (C=O) groups excluding carboxylic acids is 2. The molecule has 21 nitrogen and oxygen atoms in total. The summed E-state index contributed by atoms with van der Waals surface area (Å²) in [6, 6.07) is 25.3. The van der Waals surface area contributed by atoms with E-state index in [9.17, 15) is 35.6 Å². The molecule has 0 saturated carbocycles. The van der Waals surface area contributed by atoms with Crippen LogP contribution in [0.1, 0.15) is 78.1 Å². The fourth-order valence-electron chi connectivity index (χ4n) is 8.02. The zero-order chi connectivity index (χ0) is 59.0. The lowest BCUT2D eigenvalue weighted by Crippen LogP contribution is -2.38. The van der Waals surface area contributed by atoms with E-state index in [1.807, 2.05) is 26.8 Å². The number of nitrogens with zero attached hydrogens (tertiary/aromatic N) is 3. The van der Waals surface area contributed by atoms with Gasteiger partial charge in [0.2, 0.25) is 12.0 Å². The molecule has 3 atom stereocenters. The first kappa shape index (κ1) is 64.8. The molecular formula is C55H73N4O17P2S2+. The number of benzene rings is 4. The molecule has 436 valence electrons. The number of rotatable bonds is 30. The molecule has 2 heterocycles. The van der Waals surface area contributed by atoms with E-state index < -0.39 is 34.6 Å². The number of Topliss-reactive ketones (excluding diaryl/α,β-unsaturated/α-hetero) is 2. The fourth-order valence-corrected chi connectivity index (χ4v) is 12.3. The third-order valence-corrected chi connectivity index (χ3v) is 17.2. The molecular weight excluding hydrogens is 1110 g/mol. The van der Waals surface area contributed by atoms with Crippen LogP contribution in [-0.4, -0.2) is 122 Å². The van der Waals surface area contributed by atoms with Crippen molar-refractivity contribution in [2.45, 2.75) is 95.9 Å². The maximum absolute atomic E-state index is 13.5. The Balaban J connectivity index is 0.000000294. The average molecular weight is 1190 g/mol. The van der Waals surface area contributed by atoms with Gasteiger partial charge in [-0.25, -0.2) is 16.8 Å². The topological polar surface area (TPSA) is 257 Å². The molecule has 0 amide bonds. The van der Waals surface area contributed by atoms with Crippen LogP contribution in [0, 0.1) is 13.8 Å². The summed E-state index contributed by atoms with van der Waals surface area (Å²) in [5.41, 5.74) is 3.37. The van der Waals surface area contributed by atoms with Crippen LogP contribution >= 0.6 is 15.0 Å². The Morgan fingerprint density at radius 1 is 0.625 bits per heavy atom. The molecule has 4 aromatic carbocycles. The summed E-state index contributed by atoms with van der Waals surface area (Å²) in [5.74, 6) is 1.85. The van der Waals surface area contributed by atoms with Crippen LogP contribution in [0.4, 0.5) is 0 Å². The van der Waals surface area contributed by atoms with E-state index in [1.165, 1.54) is 41.1 Å². The zero-order valence-corrected chi connectivity index (χ0v) is 50.7. The number of sulfone groups is 2. The third-order valence-electron chi connectivity index (χ3n) is 11.4. The van der Waals surface area contributed by atoms with Crippen LogP contribution in [-0.2, 0) is 77.3 Å². The first-order valence-electron chi connectivity index (χ1n) is 25.5.